The second kappa shape index (κ2) is 10.1. The molecule has 2 amide bonds. The SMILES string of the molecule is Cc1cccc(NC(=O)C(CC(=O)O)NC(=O)OCC2c3ccccc3-c3ccccc32)c1Br. The molecule has 34 heavy (non-hydrogen) atoms. The molecule has 0 saturated carbocycles. The third kappa shape index (κ3) is 4.97. The summed E-state index contributed by atoms with van der Waals surface area (Å²) in [6.07, 6.45) is -1.44. The van der Waals surface area contributed by atoms with Crippen molar-refractivity contribution < 1.29 is 24.2 Å². The van der Waals surface area contributed by atoms with Gasteiger partial charge in [-0.1, -0.05) is 60.7 Å². The first-order valence-corrected chi connectivity index (χ1v) is 11.5. The number of hydrogen-bond acceptors (Lipinski definition) is 4. The number of alkyl carbamates (subject to hydrolysis) is 1. The zero-order valence-corrected chi connectivity index (χ0v) is 20.0. The molecule has 3 aromatic rings. The van der Waals surface area contributed by atoms with Crippen LogP contribution in [0.15, 0.2) is 71.2 Å². The third-order valence-corrected chi connectivity index (χ3v) is 6.83. The lowest BCUT2D eigenvalue weighted by atomic mass is 9.98. The number of carbonyl (C=O) groups is 3. The van der Waals surface area contributed by atoms with Gasteiger partial charge in [0.1, 0.15) is 12.6 Å². The van der Waals surface area contributed by atoms with Gasteiger partial charge in [0.05, 0.1) is 12.1 Å². The Morgan fingerprint density at radius 3 is 2.21 bits per heavy atom. The van der Waals surface area contributed by atoms with Crippen LogP contribution in [0.25, 0.3) is 11.1 Å². The standard InChI is InChI=1S/C26H23BrN2O5/c1-15-7-6-12-21(24(15)27)28-25(32)22(13-23(30)31)29-26(33)34-14-20-18-10-4-2-8-16(18)17-9-3-5-11-19(17)20/h2-12,20,22H,13-14H2,1H3,(H,28,32)(H,29,33)(H,30,31). The van der Waals surface area contributed by atoms with Gasteiger partial charge in [-0.15, -0.1) is 0 Å². The van der Waals surface area contributed by atoms with Gasteiger partial charge in [-0.3, -0.25) is 9.59 Å². The summed E-state index contributed by atoms with van der Waals surface area (Å²) in [5.74, 6) is -2.02. The molecular weight excluding hydrogens is 500 g/mol. The highest BCUT2D eigenvalue weighted by Crippen LogP contribution is 2.44. The molecule has 174 valence electrons. The Morgan fingerprint density at radius 2 is 1.59 bits per heavy atom. The number of aryl methyl sites for hydroxylation is 1. The first-order valence-electron chi connectivity index (χ1n) is 10.7. The molecule has 0 bridgehead atoms. The minimum Gasteiger partial charge on any atom is -0.481 e. The van der Waals surface area contributed by atoms with Gasteiger partial charge in [-0.25, -0.2) is 4.79 Å². The van der Waals surface area contributed by atoms with E-state index in [2.05, 4.69) is 26.6 Å². The van der Waals surface area contributed by atoms with E-state index in [1.54, 1.807) is 12.1 Å². The van der Waals surface area contributed by atoms with Crippen molar-refractivity contribution in [2.45, 2.75) is 25.3 Å². The number of carboxylic acids is 1. The van der Waals surface area contributed by atoms with E-state index in [1.165, 1.54) is 0 Å². The van der Waals surface area contributed by atoms with Crippen molar-refractivity contribution in [1.82, 2.24) is 5.32 Å². The van der Waals surface area contributed by atoms with Crippen LogP contribution in [0.5, 0.6) is 0 Å². The summed E-state index contributed by atoms with van der Waals surface area (Å²) in [5.41, 5.74) is 5.69. The van der Waals surface area contributed by atoms with Gasteiger partial charge in [0.15, 0.2) is 0 Å². The Bertz CT molecular complexity index is 1210. The fourth-order valence-electron chi connectivity index (χ4n) is 4.13. The maximum absolute atomic E-state index is 12.8. The van der Waals surface area contributed by atoms with Crippen molar-refractivity contribution in [2.24, 2.45) is 0 Å². The molecule has 1 aliphatic carbocycles. The van der Waals surface area contributed by atoms with Crippen molar-refractivity contribution in [1.29, 1.82) is 0 Å². The molecule has 3 aromatic carbocycles. The van der Waals surface area contributed by atoms with Crippen molar-refractivity contribution in [3.8, 4) is 11.1 Å². The first kappa shape index (κ1) is 23.5. The highest BCUT2D eigenvalue weighted by molar-refractivity contribution is 9.10. The predicted molar refractivity (Wildman–Crippen MR) is 132 cm³/mol. The molecule has 0 aliphatic heterocycles. The molecule has 8 heteroatoms. The average molecular weight is 523 g/mol. The highest BCUT2D eigenvalue weighted by Gasteiger charge is 2.30. The number of nitrogens with one attached hydrogen (secondary N) is 2. The Kier molecular flexibility index (Phi) is 6.98. The Labute approximate surface area is 205 Å². The fourth-order valence-corrected chi connectivity index (χ4v) is 4.49. The number of carboxylic acid groups (broad SMARTS) is 1. The van der Waals surface area contributed by atoms with Gasteiger partial charge in [-0.05, 0) is 56.7 Å². The summed E-state index contributed by atoms with van der Waals surface area (Å²) in [6, 6.07) is 19.9. The van der Waals surface area contributed by atoms with E-state index in [-0.39, 0.29) is 12.5 Å². The topological polar surface area (TPSA) is 105 Å². The summed E-state index contributed by atoms with van der Waals surface area (Å²) >= 11 is 3.41. The highest BCUT2D eigenvalue weighted by atomic mass is 79.9. The number of benzene rings is 3. The van der Waals surface area contributed by atoms with Gasteiger partial charge in [-0.2, -0.15) is 0 Å². The van der Waals surface area contributed by atoms with Crippen LogP contribution < -0.4 is 10.6 Å². The predicted octanol–water partition coefficient (Wildman–Crippen LogP) is 5.08. The van der Waals surface area contributed by atoms with E-state index in [4.69, 9.17) is 4.74 Å². The zero-order chi connectivity index (χ0) is 24.2. The molecule has 1 atom stereocenters. The van der Waals surface area contributed by atoms with Gasteiger partial charge in [0.2, 0.25) is 5.91 Å². The van der Waals surface area contributed by atoms with E-state index in [0.717, 1.165) is 27.8 Å². The molecule has 0 heterocycles. The molecule has 0 aromatic heterocycles. The van der Waals surface area contributed by atoms with Gasteiger partial charge < -0.3 is 20.5 Å². The summed E-state index contributed by atoms with van der Waals surface area (Å²) in [6.45, 7) is 1.92. The number of aliphatic carboxylic acids is 1. The number of halogens is 1. The Balaban J connectivity index is 1.44. The van der Waals surface area contributed by atoms with Crippen molar-refractivity contribution in [3.05, 3.63) is 87.9 Å². The summed E-state index contributed by atoms with van der Waals surface area (Å²) in [7, 11) is 0. The molecule has 0 spiro atoms. The number of anilines is 1. The lowest BCUT2D eigenvalue weighted by Crippen LogP contribution is -2.45. The zero-order valence-electron chi connectivity index (χ0n) is 18.4. The number of rotatable bonds is 7. The lowest BCUT2D eigenvalue weighted by Gasteiger charge is -2.19. The van der Waals surface area contributed by atoms with Crippen LogP contribution in [-0.4, -0.2) is 35.7 Å². The molecule has 0 saturated heterocycles. The molecule has 0 fully saturated rings. The largest absolute Gasteiger partial charge is 0.481 e. The molecule has 7 nitrogen and oxygen atoms in total. The van der Waals surface area contributed by atoms with Crippen LogP contribution in [0.1, 0.15) is 29.0 Å². The number of hydrogen-bond donors (Lipinski definition) is 3. The maximum atomic E-state index is 12.8. The summed E-state index contributed by atoms with van der Waals surface area (Å²) in [5, 5.41) is 14.3. The monoisotopic (exact) mass is 522 g/mol. The normalized spacial score (nSPS) is 12.9. The van der Waals surface area contributed by atoms with Crippen LogP contribution in [0.2, 0.25) is 0 Å². The van der Waals surface area contributed by atoms with Crippen LogP contribution in [0.4, 0.5) is 10.5 Å². The van der Waals surface area contributed by atoms with Gasteiger partial charge >= 0.3 is 12.1 Å². The molecule has 0 radical (unpaired) electrons. The van der Waals surface area contributed by atoms with E-state index in [9.17, 15) is 19.5 Å². The smallest absolute Gasteiger partial charge is 0.407 e. The van der Waals surface area contributed by atoms with Crippen molar-refractivity contribution in [2.75, 3.05) is 11.9 Å². The second-order valence-corrected chi connectivity index (χ2v) is 8.84. The van der Waals surface area contributed by atoms with Crippen LogP contribution in [0, 0.1) is 6.92 Å². The summed E-state index contributed by atoms with van der Waals surface area (Å²) in [4.78, 5) is 36.7. The number of ether oxygens (including phenoxy) is 1. The number of amides is 2. The molecular formula is C26H23BrN2O5. The molecule has 1 aliphatic rings. The molecule has 4 rings (SSSR count). The second-order valence-electron chi connectivity index (χ2n) is 8.05. The van der Waals surface area contributed by atoms with Crippen LogP contribution in [-0.2, 0) is 14.3 Å². The third-order valence-electron chi connectivity index (χ3n) is 5.78. The molecule has 3 N–H and O–H groups in total. The molecule has 1 unspecified atom stereocenters. The van der Waals surface area contributed by atoms with E-state index < -0.39 is 30.4 Å². The number of carbonyl (C=O) groups excluding carboxylic acids is 2. The van der Waals surface area contributed by atoms with E-state index in [0.29, 0.717) is 10.2 Å². The quantitative estimate of drug-likeness (QED) is 0.401. The lowest BCUT2D eigenvalue weighted by molar-refractivity contribution is -0.139. The minimum absolute atomic E-state index is 0.0602. The first-order chi connectivity index (χ1) is 16.3. The van der Waals surface area contributed by atoms with E-state index in [1.807, 2.05) is 61.5 Å². The summed E-state index contributed by atoms with van der Waals surface area (Å²) < 4.78 is 6.14. The van der Waals surface area contributed by atoms with E-state index >= 15 is 0 Å². The van der Waals surface area contributed by atoms with Crippen molar-refractivity contribution >= 4 is 39.6 Å². The minimum atomic E-state index is -1.31. The van der Waals surface area contributed by atoms with Gasteiger partial charge in [0, 0.05) is 10.4 Å². The Morgan fingerprint density at radius 1 is 0.971 bits per heavy atom. The number of fused-ring (bicyclic) bond motifs is 3. The van der Waals surface area contributed by atoms with Crippen LogP contribution >= 0.6 is 15.9 Å². The maximum Gasteiger partial charge on any atom is 0.407 e. The van der Waals surface area contributed by atoms with Crippen LogP contribution in [0.3, 0.4) is 0 Å². The fraction of sp³-hybridized carbons (Fsp3) is 0.192. The average Bonchev–Trinajstić information content (AvgIpc) is 3.14. The van der Waals surface area contributed by atoms with Crippen molar-refractivity contribution in [3.63, 3.8) is 0 Å². The Hall–Kier alpha value is -3.65. The van der Waals surface area contributed by atoms with Gasteiger partial charge in [0.25, 0.3) is 0 Å².